The average molecular weight is 348 g/mol. The van der Waals surface area contributed by atoms with Gasteiger partial charge >= 0.3 is 11.7 Å². The number of nitro groups is 1. The highest BCUT2D eigenvalue weighted by molar-refractivity contribution is 9.10. The maximum absolute atomic E-state index is 11.1. The molecule has 0 aliphatic carbocycles. The number of hydrogen-bond donors (Lipinski definition) is 2. The lowest BCUT2D eigenvalue weighted by Crippen LogP contribution is -2.27. The Balaban J connectivity index is 3.40. The highest BCUT2D eigenvalue weighted by Gasteiger charge is 2.27. The fourth-order valence-electron chi connectivity index (χ4n) is 1.62. The number of aliphatic hydroxyl groups is 1. The minimum atomic E-state index is -1.22. The van der Waals surface area contributed by atoms with E-state index in [0.717, 1.165) is 0 Å². The van der Waals surface area contributed by atoms with E-state index < -0.39 is 28.8 Å². The van der Waals surface area contributed by atoms with Crippen molar-refractivity contribution in [3.05, 3.63) is 32.3 Å². The molecule has 1 rings (SSSR count). The van der Waals surface area contributed by atoms with Crippen LogP contribution in [0.5, 0.6) is 5.75 Å². The van der Waals surface area contributed by atoms with Crippen LogP contribution in [0.25, 0.3) is 0 Å². The maximum atomic E-state index is 11.1. The van der Waals surface area contributed by atoms with Gasteiger partial charge in [0.15, 0.2) is 6.10 Å². The summed E-state index contributed by atoms with van der Waals surface area (Å²) in [5.74, 6) is -1.44. The second kappa shape index (κ2) is 6.67. The number of carboxylic acids is 1. The van der Waals surface area contributed by atoms with E-state index in [9.17, 15) is 20.0 Å². The molecule has 0 spiro atoms. The lowest BCUT2D eigenvalue weighted by Gasteiger charge is -2.18. The molecule has 0 fully saturated rings. The predicted octanol–water partition coefficient (Wildman–Crippen LogP) is 2.65. The van der Waals surface area contributed by atoms with Crippen LogP contribution in [-0.2, 0) is 4.79 Å². The molecule has 8 heteroatoms. The zero-order chi connectivity index (χ0) is 15.4. The summed E-state index contributed by atoms with van der Waals surface area (Å²) in [4.78, 5) is 21.4. The van der Waals surface area contributed by atoms with E-state index in [1.54, 1.807) is 6.92 Å². The van der Waals surface area contributed by atoms with E-state index in [0.29, 0.717) is 4.47 Å². The van der Waals surface area contributed by atoms with Gasteiger partial charge in [0.2, 0.25) is 5.75 Å². The number of rotatable bonds is 6. The Morgan fingerprint density at radius 1 is 1.55 bits per heavy atom. The highest BCUT2D eigenvalue weighted by Crippen LogP contribution is 2.38. The van der Waals surface area contributed by atoms with Crippen LogP contribution in [-0.4, -0.2) is 27.2 Å². The first-order valence-corrected chi connectivity index (χ1v) is 6.62. The molecule has 0 saturated carbocycles. The normalized spacial score (nSPS) is 13.6. The van der Waals surface area contributed by atoms with Crippen LogP contribution in [0.2, 0.25) is 0 Å². The van der Waals surface area contributed by atoms with Crippen molar-refractivity contribution in [3.63, 3.8) is 0 Å². The van der Waals surface area contributed by atoms with Gasteiger partial charge in [-0.25, -0.2) is 4.79 Å². The van der Waals surface area contributed by atoms with Crippen molar-refractivity contribution in [2.24, 2.45) is 0 Å². The number of aliphatic carboxylic acids is 1. The summed E-state index contributed by atoms with van der Waals surface area (Å²) < 4.78 is 5.64. The van der Waals surface area contributed by atoms with Crippen LogP contribution in [0.4, 0.5) is 5.69 Å². The maximum Gasteiger partial charge on any atom is 0.344 e. The Labute approximate surface area is 123 Å². The van der Waals surface area contributed by atoms with Crippen molar-refractivity contribution >= 4 is 27.6 Å². The number of halogens is 1. The largest absolute Gasteiger partial charge is 0.479 e. The minimum Gasteiger partial charge on any atom is -0.479 e. The molecular weight excluding hydrogens is 334 g/mol. The third-order valence-electron chi connectivity index (χ3n) is 2.62. The first-order chi connectivity index (χ1) is 9.27. The molecule has 20 heavy (non-hydrogen) atoms. The molecule has 0 radical (unpaired) electrons. The molecule has 110 valence electrons. The van der Waals surface area contributed by atoms with Crippen molar-refractivity contribution in [2.75, 3.05) is 0 Å². The SMILES string of the molecule is CCC(Oc1c([C@@H](C)O)cc(Br)cc1[N+](=O)[O-])C(=O)O. The predicted molar refractivity (Wildman–Crippen MR) is 73.8 cm³/mol. The average Bonchev–Trinajstić information content (AvgIpc) is 2.35. The Morgan fingerprint density at radius 3 is 2.55 bits per heavy atom. The van der Waals surface area contributed by atoms with Gasteiger partial charge in [-0.3, -0.25) is 10.1 Å². The fourth-order valence-corrected chi connectivity index (χ4v) is 2.09. The van der Waals surface area contributed by atoms with Gasteiger partial charge in [-0.15, -0.1) is 0 Å². The summed E-state index contributed by atoms with van der Waals surface area (Å²) in [7, 11) is 0. The summed E-state index contributed by atoms with van der Waals surface area (Å²) >= 11 is 3.11. The number of aliphatic hydroxyl groups excluding tert-OH is 1. The highest BCUT2D eigenvalue weighted by atomic mass is 79.9. The van der Waals surface area contributed by atoms with Crippen LogP contribution < -0.4 is 4.74 Å². The van der Waals surface area contributed by atoms with Crippen LogP contribution in [0.3, 0.4) is 0 Å². The van der Waals surface area contributed by atoms with Crippen molar-refractivity contribution < 1.29 is 24.7 Å². The molecule has 2 atom stereocenters. The number of carboxylic acid groups (broad SMARTS) is 1. The van der Waals surface area contributed by atoms with Gasteiger partial charge in [0.1, 0.15) is 0 Å². The van der Waals surface area contributed by atoms with Gasteiger partial charge in [0, 0.05) is 16.1 Å². The van der Waals surface area contributed by atoms with Crippen molar-refractivity contribution in [2.45, 2.75) is 32.5 Å². The van der Waals surface area contributed by atoms with Crippen molar-refractivity contribution in [3.8, 4) is 5.75 Å². The van der Waals surface area contributed by atoms with Gasteiger partial charge in [0.05, 0.1) is 11.0 Å². The van der Waals surface area contributed by atoms with Gasteiger partial charge in [-0.2, -0.15) is 0 Å². The monoisotopic (exact) mass is 347 g/mol. The zero-order valence-electron chi connectivity index (χ0n) is 10.9. The second-order valence-corrected chi connectivity index (χ2v) is 5.05. The van der Waals surface area contributed by atoms with E-state index in [-0.39, 0.29) is 17.7 Å². The molecular formula is C12H14BrNO6. The van der Waals surface area contributed by atoms with Crippen LogP contribution in [0.1, 0.15) is 31.9 Å². The molecule has 1 unspecified atom stereocenters. The smallest absolute Gasteiger partial charge is 0.344 e. The molecule has 0 aliphatic heterocycles. The Hall–Kier alpha value is -1.67. The standard InChI is InChI=1S/C12H14BrNO6/c1-3-10(12(16)17)20-11-8(6(2)15)4-7(13)5-9(11)14(18)19/h4-6,10,15H,3H2,1-2H3,(H,16,17)/t6-,10?/m1/s1. The summed E-state index contributed by atoms with van der Waals surface area (Å²) in [6, 6.07) is 2.66. The first-order valence-electron chi connectivity index (χ1n) is 5.83. The Bertz CT molecular complexity index is 531. The van der Waals surface area contributed by atoms with Crippen molar-refractivity contribution in [1.82, 2.24) is 0 Å². The molecule has 7 nitrogen and oxygen atoms in total. The third-order valence-corrected chi connectivity index (χ3v) is 3.07. The third kappa shape index (κ3) is 3.67. The van der Waals surface area contributed by atoms with Gasteiger partial charge in [-0.05, 0) is 19.4 Å². The zero-order valence-corrected chi connectivity index (χ0v) is 12.5. The van der Waals surface area contributed by atoms with E-state index in [4.69, 9.17) is 9.84 Å². The Morgan fingerprint density at radius 2 is 2.15 bits per heavy atom. The molecule has 1 aromatic rings. The fraction of sp³-hybridized carbons (Fsp3) is 0.417. The van der Waals surface area contributed by atoms with Crippen LogP contribution in [0.15, 0.2) is 16.6 Å². The quantitative estimate of drug-likeness (QED) is 0.604. The number of ether oxygens (including phenoxy) is 1. The van der Waals surface area contributed by atoms with Gasteiger partial charge < -0.3 is 14.9 Å². The Kier molecular flexibility index (Phi) is 5.46. The van der Waals surface area contributed by atoms with Crippen LogP contribution in [0, 0.1) is 10.1 Å². The minimum absolute atomic E-state index is 0.141. The van der Waals surface area contributed by atoms with E-state index in [1.165, 1.54) is 19.1 Å². The molecule has 0 saturated heterocycles. The number of nitrogens with zero attached hydrogens (tertiary/aromatic N) is 1. The van der Waals surface area contributed by atoms with Crippen LogP contribution >= 0.6 is 15.9 Å². The molecule has 1 aromatic carbocycles. The molecule has 2 N–H and O–H groups in total. The van der Waals surface area contributed by atoms with Gasteiger partial charge in [0.25, 0.3) is 0 Å². The second-order valence-electron chi connectivity index (χ2n) is 4.13. The first kappa shape index (κ1) is 16.4. The number of nitro benzene ring substituents is 1. The molecule has 0 aromatic heterocycles. The summed E-state index contributed by atoms with van der Waals surface area (Å²) in [6.07, 6.45) is -2.11. The number of hydrogen-bond acceptors (Lipinski definition) is 5. The lowest BCUT2D eigenvalue weighted by molar-refractivity contribution is -0.386. The topological polar surface area (TPSA) is 110 Å². The number of carbonyl (C=O) groups is 1. The number of benzene rings is 1. The molecule has 0 aliphatic rings. The van der Waals surface area contributed by atoms with E-state index in [1.807, 2.05) is 0 Å². The molecule has 0 bridgehead atoms. The van der Waals surface area contributed by atoms with E-state index in [2.05, 4.69) is 15.9 Å². The molecule has 0 heterocycles. The van der Waals surface area contributed by atoms with Gasteiger partial charge in [-0.1, -0.05) is 22.9 Å². The lowest BCUT2D eigenvalue weighted by atomic mass is 10.1. The van der Waals surface area contributed by atoms with Crippen molar-refractivity contribution in [1.29, 1.82) is 0 Å². The summed E-state index contributed by atoms with van der Waals surface area (Å²) in [6.45, 7) is 3.01. The van der Waals surface area contributed by atoms with E-state index >= 15 is 0 Å². The summed E-state index contributed by atoms with van der Waals surface area (Å²) in [5, 5.41) is 29.7. The summed E-state index contributed by atoms with van der Waals surface area (Å²) in [5.41, 5.74) is -0.235. The molecule has 0 amide bonds.